The fourth-order valence-electron chi connectivity index (χ4n) is 4.46. The van der Waals surface area contributed by atoms with Gasteiger partial charge >= 0.3 is 0 Å². The molecule has 0 amide bonds. The molecule has 0 spiro atoms. The van der Waals surface area contributed by atoms with Gasteiger partial charge in [0.15, 0.2) is 0 Å². The first kappa shape index (κ1) is 19.6. The number of fused-ring (bicyclic) bond motifs is 3. The summed E-state index contributed by atoms with van der Waals surface area (Å²) >= 11 is 7.59. The summed E-state index contributed by atoms with van der Waals surface area (Å²) in [5, 5.41) is 2.43. The minimum absolute atomic E-state index is 1.06. The summed E-state index contributed by atoms with van der Waals surface area (Å²) in [6.45, 7) is 0. The third-order valence-electron chi connectivity index (χ3n) is 5.87. The SMILES string of the molecule is Brc1ccccc1N1c2ccccc2N(c2ccccc2Br)c2cc3ccccc3cc21. The van der Waals surface area contributed by atoms with E-state index in [1.165, 1.54) is 10.8 Å². The minimum Gasteiger partial charge on any atom is -0.305 e. The van der Waals surface area contributed by atoms with Crippen molar-refractivity contribution >= 4 is 76.8 Å². The Hall–Kier alpha value is -3.08. The van der Waals surface area contributed by atoms with Crippen LogP contribution in [0.25, 0.3) is 10.8 Å². The minimum atomic E-state index is 1.06. The van der Waals surface area contributed by atoms with E-state index >= 15 is 0 Å². The third kappa shape index (κ3) is 3.06. The molecule has 32 heavy (non-hydrogen) atoms. The first-order valence-corrected chi connectivity index (χ1v) is 12.0. The zero-order valence-corrected chi connectivity index (χ0v) is 20.2. The van der Waals surface area contributed by atoms with Gasteiger partial charge < -0.3 is 9.80 Å². The van der Waals surface area contributed by atoms with Gasteiger partial charge in [-0.05, 0) is 91.2 Å². The van der Waals surface area contributed by atoms with Crippen LogP contribution in [0.1, 0.15) is 0 Å². The molecule has 4 heteroatoms. The molecule has 0 aliphatic carbocycles. The molecule has 1 heterocycles. The Morgan fingerprint density at radius 3 is 1.12 bits per heavy atom. The van der Waals surface area contributed by atoms with Crippen molar-refractivity contribution in [2.75, 3.05) is 9.80 Å². The summed E-state index contributed by atoms with van der Waals surface area (Å²) in [6.07, 6.45) is 0. The largest absolute Gasteiger partial charge is 0.305 e. The van der Waals surface area contributed by atoms with Crippen molar-refractivity contribution in [3.05, 3.63) is 118 Å². The van der Waals surface area contributed by atoms with Crippen LogP contribution < -0.4 is 9.80 Å². The van der Waals surface area contributed by atoms with E-state index in [1.54, 1.807) is 0 Å². The van der Waals surface area contributed by atoms with Crippen LogP contribution in [-0.2, 0) is 0 Å². The maximum Gasteiger partial charge on any atom is 0.0710 e. The van der Waals surface area contributed by atoms with Crippen LogP contribution in [0.5, 0.6) is 0 Å². The molecule has 1 aliphatic heterocycles. The standard InChI is InChI=1S/C28H18Br2N2/c29-21-11-3-5-13-23(21)31-25-15-7-8-16-26(25)32(24-14-6-4-12-22(24)30)28-18-20-10-2-1-9-19(20)17-27(28)31/h1-18H. The Balaban J connectivity index is 1.73. The number of para-hydroxylation sites is 4. The van der Waals surface area contributed by atoms with Crippen LogP contribution in [0, 0.1) is 0 Å². The predicted molar refractivity (Wildman–Crippen MR) is 142 cm³/mol. The first-order valence-electron chi connectivity index (χ1n) is 10.4. The first-order chi connectivity index (χ1) is 15.7. The summed E-state index contributed by atoms with van der Waals surface area (Å²) in [6, 6.07) is 38.5. The second-order valence-corrected chi connectivity index (χ2v) is 9.46. The van der Waals surface area contributed by atoms with Crippen molar-refractivity contribution in [3.8, 4) is 0 Å². The van der Waals surface area contributed by atoms with Gasteiger partial charge in [-0.3, -0.25) is 0 Å². The molecule has 0 aromatic heterocycles. The Morgan fingerprint density at radius 2 is 0.719 bits per heavy atom. The summed E-state index contributed by atoms with van der Waals surface area (Å²) in [4.78, 5) is 4.71. The van der Waals surface area contributed by atoms with Crippen molar-refractivity contribution in [3.63, 3.8) is 0 Å². The number of anilines is 6. The lowest BCUT2D eigenvalue weighted by Gasteiger charge is -2.41. The molecule has 2 nitrogen and oxygen atoms in total. The average molecular weight is 542 g/mol. The molecular formula is C28H18Br2N2. The fraction of sp³-hybridized carbons (Fsp3) is 0. The molecule has 0 saturated carbocycles. The van der Waals surface area contributed by atoms with E-state index in [2.05, 4.69) is 151 Å². The Labute approximate surface area is 204 Å². The number of rotatable bonds is 2. The average Bonchev–Trinajstić information content (AvgIpc) is 2.83. The quantitative estimate of drug-likeness (QED) is 0.215. The maximum atomic E-state index is 3.79. The van der Waals surface area contributed by atoms with Gasteiger partial charge in [0.1, 0.15) is 0 Å². The van der Waals surface area contributed by atoms with Gasteiger partial charge in [-0.15, -0.1) is 0 Å². The van der Waals surface area contributed by atoms with Gasteiger partial charge in [0.2, 0.25) is 0 Å². The lowest BCUT2D eigenvalue weighted by Crippen LogP contribution is -2.24. The molecule has 0 bridgehead atoms. The fourth-order valence-corrected chi connectivity index (χ4v) is 5.39. The van der Waals surface area contributed by atoms with E-state index < -0.39 is 0 Å². The summed E-state index contributed by atoms with van der Waals surface area (Å²) < 4.78 is 2.12. The Bertz CT molecular complexity index is 1370. The summed E-state index contributed by atoms with van der Waals surface area (Å²) in [7, 11) is 0. The van der Waals surface area contributed by atoms with E-state index in [0.717, 1.165) is 43.1 Å². The number of hydrogen-bond acceptors (Lipinski definition) is 2. The van der Waals surface area contributed by atoms with Crippen LogP contribution in [0.15, 0.2) is 118 Å². The molecule has 0 saturated heterocycles. The normalized spacial score (nSPS) is 12.6. The van der Waals surface area contributed by atoms with Gasteiger partial charge in [0.05, 0.1) is 34.1 Å². The lowest BCUT2D eigenvalue weighted by atomic mass is 10.0. The Morgan fingerprint density at radius 1 is 0.375 bits per heavy atom. The highest BCUT2D eigenvalue weighted by atomic mass is 79.9. The molecule has 1 aliphatic rings. The van der Waals surface area contributed by atoms with Crippen molar-refractivity contribution < 1.29 is 0 Å². The van der Waals surface area contributed by atoms with Gasteiger partial charge in [0, 0.05) is 8.95 Å². The number of hydrogen-bond donors (Lipinski definition) is 0. The van der Waals surface area contributed by atoms with Gasteiger partial charge in [0.25, 0.3) is 0 Å². The zero-order valence-electron chi connectivity index (χ0n) is 17.0. The highest BCUT2D eigenvalue weighted by Gasteiger charge is 2.32. The van der Waals surface area contributed by atoms with Crippen LogP contribution in [-0.4, -0.2) is 0 Å². The highest BCUT2D eigenvalue weighted by Crippen LogP contribution is 2.56. The van der Waals surface area contributed by atoms with Crippen LogP contribution in [0.2, 0.25) is 0 Å². The molecule has 0 N–H and O–H groups in total. The molecule has 6 rings (SSSR count). The van der Waals surface area contributed by atoms with Crippen LogP contribution in [0.3, 0.4) is 0 Å². The topological polar surface area (TPSA) is 6.48 Å². The van der Waals surface area contributed by atoms with E-state index in [4.69, 9.17) is 0 Å². The second-order valence-electron chi connectivity index (χ2n) is 7.75. The van der Waals surface area contributed by atoms with E-state index in [9.17, 15) is 0 Å². The molecular weight excluding hydrogens is 524 g/mol. The molecule has 0 unspecified atom stereocenters. The molecule has 154 valence electrons. The molecule has 0 radical (unpaired) electrons. The molecule has 5 aromatic rings. The number of nitrogens with zero attached hydrogens (tertiary/aromatic N) is 2. The van der Waals surface area contributed by atoms with E-state index in [1.807, 2.05) is 0 Å². The highest BCUT2D eigenvalue weighted by molar-refractivity contribution is 9.11. The summed E-state index contributed by atoms with van der Waals surface area (Å²) in [5.41, 5.74) is 6.79. The van der Waals surface area contributed by atoms with Crippen molar-refractivity contribution in [2.45, 2.75) is 0 Å². The maximum absolute atomic E-state index is 3.79. The zero-order chi connectivity index (χ0) is 21.7. The monoisotopic (exact) mass is 540 g/mol. The van der Waals surface area contributed by atoms with Gasteiger partial charge in [-0.25, -0.2) is 0 Å². The van der Waals surface area contributed by atoms with Gasteiger partial charge in [-0.1, -0.05) is 60.7 Å². The van der Waals surface area contributed by atoms with Gasteiger partial charge in [-0.2, -0.15) is 0 Å². The third-order valence-corrected chi connectivity index (χ3v) is 7.22. The van der Waals surface area contributed by atoms with E-state index in [0.29, 0.717) is 0 Å². The van der Waals surface area contributed by atoms with Crippen LogP contribution in [0.4, 0.5) is 34.1 Å². The summed E-state index contributed by atoms with van der Waals surface area (Å²) in [5.74, 6) is 0. The number of halogens is 2. The van der Waals surface area contributed by atoms with Crippen LogP contribution >= 0.6 is 31.9 Å². The smallest absolute Gasteiger partial charge is 0.0710 e. The molecule has 5 aromatic carbocycles. The Kier molecular flexibility index (Phi) is 4.78. The second kappa shape index (κ2) is 7.80. The predicted octanol–water partition coefficient (Wildman–Crippen LogP) is 9.62. The van der Waals surface area contributed by atoms with Crippen molar-refractivity contribution in [2.24, 2.45) is 0 Å². The molecule has 0 fully saturated rings. The van der Waals surface area contributed by atoms with Crippen molar-refractivity contribution in [1.82, 2.24) is 0 Å². The lowest BCUT2D eigenvalue weighted by molar-refractivity contribution is 1.17. The van der Waals surface area contributed by atoms with Crippen molar-refractivity contribution in [1.29, 1.82) is 0 Å². The number of benzene rings is 5. The molecule has 0 atom stereocenters. The van der Waals surface area contributed by atoms with E-state index in [-0.39, 0.29) is 0 Å².